The summed E-state index contributed by atoms with van der Waals surface area (Å²) in [5.41, 5.74) is 8.37. The Hall–Kier alpha value is -1.13. The molecule has 6 nitrogen and oxygen atoms in total. The van der Waals surface area contributed by atoms with Crippen LogP contribution in [0.3, 0.4) is 0 Å². The van der Waals surface area contributed by atoms with E-state index in [1.54, 1.807) is 12.1 Å². The first-order valence-electron chi connectivity index (χ1n) is 6.49. The second kappa shape index (κ2) is 9.80. The summed E-state index contributed by atoms with van der Waals surface area (Å²) in [4.78, 5) is 4.20. The van der Waals surface area contributed by atoms with Crippen LogP contribution in [-0.2, 0) is 22.3 Å². The van der Waals surface area contributed by atoms with Gasteiger partial charge in [-0.25, -0.2) is 18.1 Å². The van der Waals surface area contributed by atoms with Gasteiger partial charge in [0.1, 0.15) is 0 Å². The van der Waals surface area contributed by atoms with E-state index in [1.165, 1.54) is 7.05 Å². The minimum absolute atomic E-state index is 0. The number of rotatable bonds is 7. The van der Waals surface area contributed by atoms with Crippen molar-refractivity contribution in [2.75, 3.05) is 13.6 Å². The van der Waals surface area contributed by atoms with Crippen LogP contribution in [0.4, 0.5) is 0 Å². The number of benzene rings is 1. The van der Waals surface area contributed by atoms with Crippen LogP contribution < -0.4 is 15.8 Å². The Kier molecular flexibility index (Phi) is 9.30. The van der Waals surface area contributed by atoms with E-state index >= 15 is 0 Å². The Morgan fingerprint density at radius 1 is 1.27 bits per heavy atom. The molecule has 0 unspecified atom stereocenters. The highest BCUT2D eigenvalue weighted by atomic mass is 127. The lowest BCUT2D eigenvalue weighted by molar-refractivity contribution is 0.587. The topological polar surface area (TPSA) is 96.6 Å². The molecule has 1 rings (SSSR count). The minimum atomic E-state index is -3.24. The van der Waals surface area contributed by atoms with Crippen molar-refractivity contribution in [1.29, 1.82) is 0 Å². The zero-order valence-electron chi connectivity index (χ0n) is 12.8. The van der Waals surface area contributed by atoms with Gasteiger partial charge in [-0.05, 0) is 25.1 Å². The van der Waals surface area contributed by atoms with Gasteiger partial charge in [-0.2, -0.15) is 0 Å². The molecule has 8 heteroatoms. The maximum Gasteiger partial charge on any atom is 0.215 e. The summed E-state index contributed by atoms with van der Waals surface area (Å²) < 4.78 is 25.1. The SMILES string of the molecule is C=C(C)CNC(N)=NCc1ccc(CS(=O)(=O)NC)cc1.I. The van der Waals surface area contributed by atoms with Crippen molar-refractivity contribution in [2.24, 2.45) is 10.7 Å². The van der Waals surface area contributed by atoms with Crippen LogP contribution in [0.5, 0.6) is 0 Å². The number of aliphatic imine (C=N–C) groups is 1. The summed E-state index contributed by atoms with van der Waals surface area (Å²) in [5.74, 6) is 0.329. The summed E-state index contributed by atoms with van der Waals surface area (Å²) in [6.07, 6.45) is 0. The van der Waals surface area contributed by atoms with Gasteiger partial charge in [-0.15, -0.1) is 24.0 Å². The Morgan fingerprint density at radius 3 is 2.32 bits per heavy atom. The predicted octanol–water partition coefficient (Wildman–Crippen LogP) is 1.33. The quantitative estimate of drug-likeness (QED) is 0.259. The van der Waals surface area contributed by atoms with Crippen molar-refractivity contribution in [3.05, 3.63) is 47.5 Å². The van der Waals surface area contributed by atoms with Crippen LogP contribution >= 0.6 is 24.0 Å². The largest absolute Gasteiger partial charge is 0.370 e. The van der Waals surface area contributed by atoms with Crippen molar-refractivity contribution >= 4 is 40.0 Å². The summed E-state index contributed by atoms with van der Waals surface area (Å²) >= 11 is 0. The van der Waals surface area contributed by atoms with Gasteiger partial charge in [0.2, 0.25) is 10.0 Å². The minimum Gasteiger partial charge on any atom is -0.370 e. The summed E-state index contributed by atoms with van der Waals surface area (Å²) in [6.45, 7) is 6.70. The number of guanidine groups is 1. The molecule has 0 aliphatic carbocycles. The smallest absolute Gasteiger partial charge is 0.215 e. The molecule has 22 heavy (non-hydrogen) atoms. The molecule has 0 atom stereocenters. The van der Waals surface area contributed by atoms with Gasteiger partial charge in [-0.1, -0.05) is 36.4 Å². The van der Waals surface area contributed by atoms with Crippen LogP contribution in [0.2, 0.25) is 0 Å². The first kappa shape index (κ1) is 20.9. The van der Waals surface area contributed by atoms with E-state index in [4.69, 9.17) is 5.73 Å². The van der Waals surface area contributed by atoms with Crippen molar-refractivity contribution in [3.63, 3.8) is 0 Å². The van der Waals surface area contributed by atoms with E-state index in [0.29, 0.717) is 19.0 Å². The zero-order valence-corrected chi connectivity index (χ0v) is 15.9. The van der Waals surface area contributed by atoms with Crippen LogP contribution in [0.1, 0.15) is 18.1 Å². The molecule has 0 aliphatic heterocycles. The van der Waals surface area contributed by atoms with E-state index in [2.05, 4.69) is 21.6 Å². The van der Waals surface area contributed by atoms with Gasteiger partial charge in [0.05, 0.1) is 12.3 Å². The number of sulfonamides is 1. The third-order valence-electron chi connectivity index (χ3n) is 2.69. The van der Waals surface area contributed by atoms with E-state index in [9.17, 15) is 8.42 Å². The number of nitrogens with one attached hydrogen (secondary N) is 2. The fourth-order valence-corrected chi connectivity index (χ4v) is 2.28. The number of nitrogens with zero attached hydrogens (tertiary/aromatic N) is 1. The molecule has 0 amide bonds. The highest BCUT2D eigenvalue weighted by molar-refractivity contribution is 14.0. The summed E-state index contributed by atoms with van der Waals surface area (Å²) in [5, 5.41) is 2.94. The van der Waals surface area contributed by atoms with Gasteiger partial charge in [0, 0.05) is 6.54 Å². The van der Waals surface area contributed by atoms with Crippen molar-refractivity contribution in [3.8, 4) is 0 Å². The fraction of sp³-hybridized carbons (Fsp3) is 0.357. The van der Waals surface area contributed by atoms with Crippen molar-refractivity contribution in [1.82, 2.24) is 10.0 Å². The van der Waals surface area contributed by atoms with Gasteiger partial charge in [0.15, 0.2) is 5.96 Å². The molecule has 1 aromatic rings. The lowest BCUT2D eigenvalue weighted by Gasteiger charge is -2.06. The van der Waals surface area contributed by atoms with Crippen LogP contribution in [-0.4, -0.2) is 28.0 Å². The average molecular weight is 438 g/mol. The Morgan fingerprint density at radius 2 is 1.82 bits per heavy atom. The Balaban J connectivity index is 0.00000441. The van der Waals surface area contributed by atoms with E-state index < -0.39 is 10.0 Å². The van der Waals surface area contributed by atoms with Crippen molar-refractivity contribution in [2.45, 2.75) is 19.2 Å². The number of halogens is 1. The molecule has 4 N–H and O–H groups in total. The van der Waals surface area contributed by atoms with Gasteiger partial charge in [-0.3, -0.25) is 0 Å². The molecule has 0 fully saturated rings. The van der Waals surface area contributed by atoms with Crippen LogP contribution in [0.25, 0.3) is 0 Å². The average Bonchev–Trinajstić information content (AvgIpc) is 2.44. The molecule has 0 heterocycles. The highest BCUT2D eigenvalue weighted by Gasteiger charge is 2.07. The molecule has 0 aromatic heterocycles. The van der Waals surface area contributed by atoms with Gasteiger partial charge < -0.3 is 11.1 Å². The van der Waals surface area contributed by atoms with Crippen LogP contribution in [0, 0.1) is 0 Å². The second-order valence-electron chi connectivity index (χ2n) is 4.79. The molecule has 0 spiro atoms. The molecular weight excluding hydrogens is 415 g/mol. The number of nitrogens with two attached hydrogens (primary N) is 1. The third-order valence-corrected chi connectivity index (χ3v) is 4.03. The maximum atomic E-state index is 11.4. The summed E-state index contributed by atoms with van der Waals surface area (Å²) in [6, 6.07) is 7.24. The third kappa shape index (κ3) is 8.35. The summed E-state index contributed by atoms with van der Waals surface area (Å²) in [7, 11) is -1.84. The lowest BCUT2D eigenvalue weighted by Crippen LogP contribution is -2.32. The standard InChI is InChI=1S/C14H22N4O2S.HI/c1-11(2)8-17-14(15)18-9-12-4-6-13(7-5-12)10-21(19,20)16-3;/h4-7,16H,1,8-10H2,2-3H3,(H3,15,17,18);1H. The molecular formula is C14H23IN4O2S. The molecule has 0 saturated heterocycles. The first-order chi connectivity index (χ1) is 9.82. The lowest BCUT2D eigenvalue weighted by atomic mass is 10.1. The molecule has 0 saturated carbocycles. The monoisotopic (exact) mass is 438 g/mol. The zero-order chi connectivity index (χ0) is 15.9. The van der Waals surface area contributed by atoms with Crippen molar-refractivity contribution < 1.29 is 8.42 Å². The fourth-order valence-electron chi connectivity index (χ4n) is 1.51. The van der Waals surface area contributed by atoms with Crippen LogP contribution in [0.15, 0.2) is 41.4 Å². The van der Waals surface area contributed by atoms with Gasteiger partial charge in [0.25, 0.3) is 0 Å². The normalized spacial score (nSPS) is 11.6. The Bertz CT molecular complexity index is 612. The molecule has 0 radical (unpaired) electrons. The van der Waals surface area contributed by atoms with Gasteiger partial charge >= 0.3 is 0 Å². The maximum absolute atomic E-state index is 11.4. The van der Waals surface area contributed by atoms with E-state index in [0.717, 1.165) is 16.7 Å². The molecule has 0 aliphatic rings. The number of hydrogen-bond acceptors (Lipinski definition) is 3. The Labute approximate surface area is 149 Å². The second-order valence-corrected chi connectivity index (χ2v) is 6.72. The highest BCUT2D eigenvalue weighted by Crippen LogP contribution is 2.08. The van der Waals surface area contributed by atoms with E-state index in [1.807, 2.05) is 19.1 Å². The number of hydrogen-bond donors (Lipinski definition) is 3. The first-order valence-corrected chi connectivity index (χ1v) is 8.15. The molecule has 0 bridgehead atoms. The van der Waals surface area contributed by atoms with E-state index in [-0.39, 0.29) is 29.7 Å². The molecule has 124 valence electrons. The molecule has 1 aromatic carbocycles. The predicted molar refractivity (Wildman–Crippen MR) is 102 cm³/mol.